The van der Waals surface area contributed by atoms with Gasteiger partial charge in [0.15, 0.2) is 0 Å². The highest BCUT2D eigenvalue weighted by atomic mass is 16.3. The molecule has 1 rings (SSSR count). The van der Waals surface area contributed by atoms with Crippen LogP contribution >= 0.6 is 0 Å². The summed E-state index contributed by atoms with van der Waals surface area (Å²) in [4.78, 5) is 0. The zero-order valence-corrected chi connectivity index (χ0v) is 11.2. The van der Waals surface area contributed by atoms with Gasteiger partial charge in [0.2, 0.25) is 0 Å². The summed E-state index contributed by atoms with van der Waals surface area (Å²) >= 11 is 0. The third kappa shape index (κ3) is 6.33. The molecule has 0 saturated carbocycles. The maximum atomic E-state index is 9.32. The monoisotopic (exact) mass is 248 g/mol. The highest BCUT2D eigenvalue weighted by Gasteiger charge is 1.95. The molecule has 0 unspecified atom stereocenters. The number of aromatic hydroxyl groups is 2. The smallest absolute Gasteiger partial charge is 0.119 e. The first-order valence-electron chi connectivity index (χ1n) is 6.92. The van der Waals surface area contributed by atoms with Crippen LogP contribution in [0.3, 0.4) is 0 Å². The Hall–Kier alpha value is -1.44. The molecular formula is C16H24O2. The van der Waals surface area contributed by atoms with Gasteiger partial charge in [-0.3, -0.25) is 0 Å². The highest BCUT2D eigenvalue weighted by molar-refractivity contribution is 5.54. The fourth-order valence-corrected chi connectivity index (χ4v) is 1.98. The van der Waals surface area contributed by atoms with E-state index in [-0.39, 0.29) is 11.5 Å². The molecule has 2 nitrogen and oxygen atoms in total. The standard InChI is InChI=1S/C16H24O2/c1-2-3-4-5-6-7-8-9-10-14-11-15(17)13-16(18)12-14/h9-13,17-18H,2-8H2,1H3. The molecule has 0 radical (unpaired) electrons. The van der Waals surface area contributed by atoms with Crippen molar-refractivity contribution in [3.8, 4) is 11.5 Å². The molecule has 100 valence electrons. The second-order valence-corrected chi connectivity index (χ2v) is 4.74. The van der Waals surface area contributed by atoms with Gasteiger partial charge in [0.25, 0.3) is 0 Å². The van der Waals surface area contributed by atoms with Crippen LogP contribution in [0, 0.1) is 0 Å². The van der Waals surface area contributed by atoms with E-state index >= 15 is 0 Å². The molecular weight excluding hydrogens is 224 g/mol. The number of phenols is 2. The van der Waals surface area contributed by atoms with Crippen LogP contribution in [0.1, 0.15) is 57.4 Å². The Balaban J connectivity index is 2.20. The van der Waals surface area contributed by atoms with E-state index in [0.29, 0.717) is 0 Å². The molecule has 0 amide bonds. The van der Waals surface area contributed by atoms with E-state index in [9.17, 15) is 10.2 Å². The van der Waals surface area contributed by atoms with E-state index in [4.69, 9.17) is 0 Å². The quantitative estimate of drug-likeness (QED) is 0.645. The number of benzene rings is 1. The molecule has 1 aromatic rings. The third-order valence-electron chi connectivity index (χ3n) is 2.96. The third-order valence-corrected chi connectivity index (χ3v) is 2.96. The van der Waals surface area contributed by atoms with Crippen LogP contribution < -0.4 is 0 Å². The zero-order valence-electron chi connectivity index (χ0n) is 11.2. The van der Waals surface area contributed by atoms with Gasteiger partial charge in [0.1, 0.15) is 11.5 Å². The van der Waals surface area contributed by atoms with Crippen LogP contribution in [0.25, 0.3) is 6.08 Å². The van der Waals surface area contributed by atoms with Gasteiger partial charge in [-0.15, -0.1) is 0 Å². The summed E-state index contributed by atoms with van der Waals surface area (Å²) in [6.45, 7) is 2.23. The van der Waals surface area contributed by atoms with Crippen LogP contribution in [-0.4, -0.2) is 10.2 Å². The Morgan fingerprint density at radius 2 is 1.50 bits per heavy atom. The van der Waals surface area contributed by atoms with Crippen molar-refractivity contribution < 1.29 is 10.2 Å². The molecule has 0 saturated heterocycles. The molecule has 0 spiro atoms. The summed E-state index contributed by atoms with van der Waals surface area (Å²) in [5, 5.41) is 18.6. The lowest BCUT2D eigenvalue weighted by molar-refractivity contribution is 0.450. The molecule has 0 aliphatic rings. The Labute approximate surface area is 110 Å². The van der Waals surface area contributed by atoms with Gasteiger partial charge in [0.05, 0.1) is 0 Å². The van der Waals surface area contributed by atoms with Gasteiger partial charge in [0, 0.05) is 6.07 Å². The summed E-state index contributed by atoms with van der Waals surface area (Å²) in [5.41, 5.74) is 0.846. The van der Waals surface area contributed by atoms with E-state index in [1.165, 1.54) is 44.6 Å². The Kier molecular flexibility index (Phi) is 7.00. The molecule has 2 N–H and O–H groups in total. The number of hydrogen-bond acceptors (Lipinski definition) is 2. The van der Waals surface area contributed by atoms with Gasteiger partial charge in [-0.1, -0.05) is 51.2 Å². The largest absolute Gasteiger partial charge is 0.508 e. The zero-order chi connectivity index (χ0) is 13.2. The van der Waals surface area contributed by atoms with E-state index in [2.05, 4.69) is 13.0 Å². The van der Waals surface area contributed by atoms with Gasteiger partial charge in [-0.2, -0.15) is 0 Å². The van der Waals surface area contributed by atoms with E-state index in [1.54, 1.807) is 12.1 Å². The number of unbranched alkanes of at least 4 members (excludes halogenated alkanes) is 6. The van der Waals surface area contributed by atoms with E-state index < -0.39 is 0 Å². The first kappa shape index (κ1) is 14.6. The van der Waals surface area contributed by atoms with Crippen molar-refractivity contribution in [2.45, 2.75) is 51.9 Å². The van der Waals surface area contributed by atoms with Crippen LogP contribution in [-0.2, 0) is 0 Å². The number of rotatable bonds is 8. The average molecular weight is 248 g/mol. The molecule has 2 heteroatoms. The van der Waals surface area contributed by atoms with Crippen molar-refractivity contribution in [3.05, 3.63) is 29.8 Å². The van der Waals surface area contributed by atoms with Gasteiger partial charge in [-0.25, -0.2) is 0 Å². The first-order chi connectivity index (χ1) is 8.72. The van der Waals surface area contributed by atoms with Crippen LogP contribution in [0.2, 0.25) is 0 Å². The molecule has 0 atom stereocenters. The summed E-state index contributed by atoms with van der Waals surface area (Å²) in [6.07, 6.45) is 12.9. The number of hydrogen-bond donors (Lipinski definition) is 2. The van der Waals surface area contributed by atoms with Crippen molar-refractivity contribution >= 4 is 6.08 Å². The van der Waals surface area contributed by atoms with E-state index in [0.717, 1.165) is 12.0 Å². The Morgan fingerprint density at radius 1 is 0.889 bits per heavy atom. The lowest BCUT2D eigenvalue weighted by Crippen LogP contribution is -1.78. The fourth-order valence-electron chi connectivity index (χ4n) is 1.98. The fraction of sp³-hybridized carbons (Fsp3) is 0.500. The summed E-state index contributed by atoms with van der Waals surface area (Å²) in [5.74, 6) is 0.212. The van der Waals surface area contributed by atoms with Crippen LogP contribution in [0.5, 0.6) is 11.5 Å². The van der Waals surface area contributed by atoms with Crippen LogP contribution in [0.4, 0.5) is 0 Å². The minimum atomic E-state index is 0.106. The topological polar surface area (TPSA) is 40.5 Å². The van der Waals surface area contributed by atoms with E-state index in [1.807, 2.05) is 6.08 Å². The minimum Gasteiger partial charge on any atom is -0.508 e. The number of phenolic OH excluding ortho intramolecular Hbond substituents is 2. The van der Waals surface area contributed by atoms with Crippen molar-refractivity contribution in [2.24, 2.45) is 0 Å². The molecule has 0 aliphatic carbocycles. The molecule has 18 heavy (non-hydrogen) atoms. The van der Waals surface area contributed by atoms with Gasteiger partial charge < -0.3 is 10.2 Å². The Morgan fingerprint density at radius 3 is 2.17 bits per heavy atom. The predicted octanol–water partition coefficient (Wildman–Crippen LogP) is 4.86. The maximum Gasteiger partial charge on any atom is 0.119 e. The lowest BCUT2D eigenvalue weighted by Gasteiger charge is -1.99. The highest BCUT2D eigenvalue weighted by Crippen LogP contribution is 2.21. The predicted molar refractivity (Wildman–Crippen MR) is 76.8 cm³/mol. The molecule has 1 aromatic carbocycles. The van der Waals surface area contributed by atoms with Crippen molar-refractivity contribution in [2.75, 3.05) is 0 Å². The normalized spacial score (nSPS) is 11.2. The van der Waals surface area contributed by atoms with Crippen molar-refractivity contribution in [1.29, 1.82) is 0 Å². The summed E-state index contributed by atoms with van der Waals surface area (Å²) in [7, 11) is 0. The van der Waals surface area contributed by atoms with Gasteiger partial charge in [-0.05, 0) is 30.5 Å². The second-order valence-electron chi connectivity index (χ2n) is 4.74. The van der Waals surface area contributed by atoms with Crippen LogP contribution in [0.15, 0.2) is 24.3 Å². The average Bonchev–Trinajstić information content (AvgIpc) is 2.31. The maximum absolute atomic E-state index is 9.32. The van der Waals surface area contributed by atoms with Crippen molar-refractivity contribution in [3.63, 3.8) is 0 Å². The second kappa shape index (κ2) is 8.62. The molecule has 0 heterocycles. The minimum absolute atomic E-state index is 0.106. The molecule has 0 bridgehead atoms. The van der Waals surface area contributed by atoms with Crippen molar-refractivity contribution in [1.82, 2.24) is 0 Å². The number of allylic oxidation sites excluding steroid dienone is 1. The molecule has 0 aliphatic heterocycles. The molecule has 0 aromatic heterocycles. The first-order valence-corrected chi connectivity index (χ1v) is 6.92. The lowest BCUT2D eigenvalue weighted by atomic mass is 10.1. The summed E-state index contributed by atoms with van der Waals surface area (Å²) < 4.78 is 0. The summed E-state index contributed by atoms with van der Waals surface area (Å²) in [6, 6.07) is 4.64. The van der Waals surface area contributed by atoms with Gasteiger partial charge >= 0.3 is 0 Å². The Bertz CT molecular complexity index is 349. The molecule has 0 fully saturated rings. The SMILES string of the molecule is CCCCCCCCC=Cc1cc(O)cc(O)c1.